The third-order valence-corrected chi connectivity index (χ3v) is 3.67. The monoisotopic (exact) mass is 249 g/mol. The molecule has 1 aromatic carbocycles. The summed E-state index contributed by atoms with van der Waals surface area (Å²) in [5.74, 6) is 0.948. The van der Waals surface area contributed by atoms with Crippen LogP contribution in [0.5, 0.6) is 5.75 Å². The van der Waals surface area contributed by atoms with Crippen LogP contribution in [0.15, 0.2) is 12.1 Å². The van der Waals surface area contributed by atoms with Crippen LogP contribution in [0.1, 0.15) is 31.4 Å². The smallest absolute Gasteiger partial charge is 0.125 e. The first-order valence-corrected chi connectivity index (χ1v) is 6.31. The van der Waals surface area contributed by atoms with Crippen molar-refractivity contribution in [2.75, 3.05) is 6.61 Å². The normalized spacial score (nSPS) is 16.8. The number of hydrogen-bond donors (Lipinski definition) is 0. The number of nitriles is 1. The Balaban J connectivity index is 2.37. The van der Waals surface area contributed by atoms with Gasteiger partial charge in [-0.1, -0.05) is 18.5 Å². The van der Waals surface area contributed by atoms with Crippen molar-refractivity contribution in [2.24, 2.45) is 5.41 Å². The van der Waals surface area contributed by atoms with Crippen molar-refractivity contribution in [3.05, 3.63) is 28.3 Å². The van der Waals surface area contributed by atoms with Crippen LogP contribution < -0.4 is 4.74 Å². The minimum atomic E-state index is -0.343. The zero-order valence-corrected chi connectivity index (χ0v) is 11.0. The summed E-state index contributed by atoms with van der Waals surface area (Å²) in [6.45, 7) is 4.74. The van der Waals surface area contributed by atoms with Gasteiger partial charge in [0.15, 0.2) is 0 Å². The quantitative estimate of drug-likeness (QED) is 0.817. The summed E-state index contributed by atoms with van der Waals surface area (Å²) in [4.78, 5) is 0. The largest absolute Gasteiger partial charge is 0.493 e. The predicted octanol–water partition coefficient (Wildman–Crippen LogP) is 3.76. The lowest BCUT2D eigenvalue weighted by atomic mass is 9.82. The lowest BCUT2D eigenvalue weighted by Gasteiger charge is -2.20. The van der Waals surface area contributed by atoms with Crippen molar-refractivity contribution >= 4 is 11.6 Å². The van der Waals surface area contributed by atoms with E-state index in [-0.39, 0.29) is 5.41 Å². The Hall–Kier alpha value is -1.20. The molecule has 0 N–H and O–H groups in total. The highest BCUT2D eigenvalue weighted by molar-refractivity contribution is 6.30. The number of benzene rings is 1. The highest BCUT2D eigenvalue weighted by Gasteiger charge is 2.26. The molecule has 1 aliphatic rings. The second-order valence-corrected chi connectivity index (χ2v) is 5.29. The fourth-order valence-corrected chi connectivity index (χ4v) is 2.40. The number of rotatable bonds is 3. The molecule has 0 aliphatic carbocycles. The maximum Gasteiger partial charge on any atom is 0.125 e. The van der Waals surface area contributed by atoms with Crippen molar-refractivity contribution in [1.29, 1.82) is 5.26 Å². The van der Waals surface area contributed by atoms with E-state index in [1.54, 1.807) is 0 Å². The van der Waals surface area contributed by atoms with Crippen LogP contribution in [-0.4, -0.2) is 6.61 Å². The summed E-state index contributed by atoms with van der Waals surface area (Å²) in [5, 5.41) is 9.98. The van der Waals surface area contributed by atoms with E-state index in [9.17, 15) is 5.26 Å². The van der Waals surface area contributed by atoms with Gasteiger partial charge in [0, 0.05) is 11.4 Å². The Morgan fingerprint density at radius 3 is 2.94 bits per heavy atom. The summed E-state index contributed by atoms with van der Waals surface area (Å²) in [6.07, 6.45) is 2.44. The molecule has 0 bridgehead atoms. The molecule has 0 saturated heterocycles. The fraction of sp³-hybridized carbons (Fsp3) is 0.500. The lowest BCUT2D eigenvalue weighted by molar-refractivity contribution is 0.345. The molecular weight excluding hydrogens is 234 g/mol. The Morgan fingerprint density at radius 2 is 2.29 bits per heavy atom. The lowest BCUT2D eigenvalue weighted by Crippen LogP contribution is -2.16. The summed E-state index contributed by atoms with van der Waals surface area (Å²) < 4.78 is 5.65. The van der Waals surface area contributed by atoms with E-state index >= 15 is 0 Å². The van der Waals surface area contributed by atoms with E-state index < -0.39 is 0 Å². The van der Waals surface area contributed by atoms with Crippen molar-refractivity contribution in [3.8, 4) is 11.8 Å². The Morgan fingerprint density at radius 1 is 1.53 bits per heavy atom. The average Bonchev–Trinajstić information content (AvgIpc) is 2.77. The van der Waals surface area contributed by atoms with Crippen LogP contribution in [0.25, 0.3) is 0 Å². The number of ether oxygens (including phenoxy) is 1. The van der Waals surface area contributed by atoms with Crippen LogP contribution in [0, 0.1) is 16.7 Å². The topological polar surface area (TPSA) is 33.0 Å². The average molecular weight is 250 g/mol. The minimum absolute atomic E-state index is 0.343. The van der Waals surface area contributed by atoms with Crippen LogP contribution in [-0.2, 0) is 12.8 Å². The molecule has 90 valence electrons. The van der Waals surface area contributed by atoms with E-state index in [4.69, 9.17) is 16.3 Å². The van der Waals surface area contributed by atoms with Gasteiger partial charge in [-0.15, -0.1) is 0 Å². The van der Waals surface area contributed by atoms with E-state index in [2.05, 4.69) is 6.07 Å². The van der Waals surface area contributed by atoms with Gasteiger partial charge < -0.3 is 4.74 Å². The van der Waals surface area contributed by atoms with Gasteiger partial charge in [0.2, 0.25) is 0 Å². The first-order chi connectivity index (χ1) is 8.08. The highest BCUT2D eigenvalue weighted by atomic mass is 35.5. The standard InChI is InChI=1S/C14H16ClNO/c1-3-14(2,9-16)8-11-7-12(15)6-10-4-5-17-13(10)11/h6-7H,3-5,8H2,1-2H3. The maximum atomic E-state index is 9.24. The zero-order valence-electron chi connectivity index (χ0n) is 10.2. The molecule has 1 aliphatic heterocycles. The van der Waals surface area contributed by atoms with Gasteiger partial charge in [-0.3, -0.25) is 0 Å². The van der Waals surface area contributed by atoms with Gasteiger partial charge in [-0.25, -0.2) is 0 Å². The molecule has 0 radical (unpaired) electrons. The number of halogens is 1. The molecule has 2 nitrogen and oxygen atoms in total. The Bertz CT molecular complexity index is 478. The van der Waals surface area contributed by atoms with Crippen molar-refractivity contribution in [1.82, 2.24) is 0 Å². The van der Waals surface area contributed by atoms with E-state index in [0.29, 0.717) is 6.42 Å². The van der Waals surface area contributed by atoms with Gasteiger partial charge in [0.1, 0.15) is 5.75 Å². The third kappa shape index (κ3) is 2.40. The minimum Gasteiger partial charge on any atom is -0.493 e. The predicted molar refractivity (Wildman–Crippen MR) is 68.4 cm³/mol. The van der Waals surface area contributed by atoms with Crippen molar-refractivity contribution in [3.63, 3.8) is 0 Å². The molecule has 17 heavy (non-hydrogen) atoms. The third-order valence-electron chi connectivity index (χ3n) is 3.46. The van der Waals surface area contributed by atoms with Crippen LogP contribution in [0.3, 0.4) is 0 Å². The second-order valence-electron chi connectivity index (χ2n) is 4.85. The molecular formula is C14H16ClNO. The number of hydrogen-bond acceptors (Lipinski definition) is 2. The summed E-state index contributed by atoms with van der Waals surface area (Å²) >= 11 is 6.11. The van der Waals surface area contributed by atoms with Gasteiger partial charge in [0.05, 0.1) is 18.1 Å². The molecule has 0 spiro atoms. The molecule has 1 unspecified atom stereocenters. The van der Waals surface area contributed by atoms with Crippen LogP contribution in [0.4, 0.5) is 0 Å². The molecule has 0 amide bonds. The molecule has 1 atom stereocenters. The molecule has 0 saturated carbocycles. The summed E-state index contributed by atoms with van der Waals surface area (Å²) in [7, 11) is 0. The van der Waals surface area contributed by atoms with Crippen LogP contribution in [0.2, 0.25) is 5.02 Å². The molecule has 3 heteroatoms. The van der Waals surface area contributed by atoms with Crippen molar-refractivity contribution in [2.45, 2.75) is 33.1 Å². The first-order valence-electron chi connectivity index (χ1n) is 5.93. The number of nitrogens with zero attached hydrogens (tertiary/aromatic N) is 1. The summed E-state index contributed by atoms with van der Waals surface area (Å²) in [5.41, 5.74) is 1.89. The van der Waals surface area contributed by atoms with Gasteiger partial charge in [0.25, 0.3) is 0 Å². The summed E-state index contributed by atoms with van der Waals surface area (Å²) in [6, 6.07) is 6.28. The maximum absolute atomic E-state index is 9.24. The Kier molecular flexibility index (Phi) is 3.31. The van der Waals surface area contributed by atoms with Gasteiger partial charge >= 0.3 is 0 Å². The SMILES string of the molecule is CCC(C)(C#N)Cc1cc(Cl)cc2c1OCC2. The van der Waals surface area contributed by atoms with E-state index in [0.717, 1.165) is 35.8 Å². The van der Waals surface area contributed by atoms with E-state index in [1.165, 1.54) is 5.56 Å². The Labute approximate surface area is 107 Å². The number of fused-ring (bicyclic) bond motifs is 1. The van der Waals surface area contributed by atoms with Crippen molar-refractivity contribution < 1.29 is 4.74 Å². The molecule has 1 heterocycles. The zero-order chi connectivity index (χ0) is 12.5. The van der Waals surface area contributed by atoms with Gasteiger partial charge in [-0.2, -0.15) is 5.26 Å². The first kappa shape index (κ1) is 12.3. The highest BCUT2D eigenvalue weighted by Crippen LogP contribution is 2.37. The molecule has 1 aromatic rings. The van der Waals surface area contributed by atoms with Crippen LogP contribution >= 0.6 is 11.6 Å². The second kappa shape index (κ2) is 4.58. The van der Waals surface area contributed by atoms with Gasteiger partial charge in [-0.05, 0) is 43.0 Å². The molecule has 2 rings (SSSR count). The van der Waals surface area contributed by atoms with E-state index in [1.807, 2.05) is 26.0 Å². The molecule has 0 fully saturated rings. The molecule has 0 aromatic heterocycles. The fourth-order valence-electron chi connectivity index (χ4n) is 2.14.